The third-order valence-corrected chi connectivity index (χ3v) is 3.19. The van der Waals surface area contributed by atoms with Crippen LogP contribution in [0, 0.1) is 0 Å². The first kappa shape index (κ1) is 12.7. The van der Waals surface area contributed by atoms with E-state index in [2.05, 4.69) is 50.0 Å². The second-order valence-electron chi connectivity index (χ2n) is 5.10. The van der Waals surface area contributed by atoms with Gasteiger partial charge in [-0.2, -0.15) is 0 Å². The summed E-state index contributed by atoms with van der Waals surface area (Å²) >= 11 is 0. The Morgan fingerprint density at radius 2 is 1.89 bits per heavy atom. The van der Waals surface area contributed by atoms with Crippen molar-refractivity contribution in [2.75, 3.05) is 0 Å². The molecule has 94 valence electrons. The van der Waals surface area contributed by atoms with E-state index in [4.69, 9.17) is 4.98 Å². The van der Waals surface area contributed by atoms with E-state index in [1.54, 1.807) is 0 Å². The quantitative estimate of drug-likeness (QED) is 0.808. The molecular weight excluding hydrogens is 220 g/mol. The number of hydrogen-bond acceptors (Lipinski definition) is 2. The number of nitrogens with zero attached hydrogens (tertiary/aromatic N) is 2. The van der Waals surface area contributed by atoms with Crippen LogP contribution in [0.25, 0.3) is 0 Å². The molecule has 18 heavy (non-hydrogen) atoms. The monoisotopic (exact) mass is 240 g/mol. The van der Waals surface area contributed by atoms with Gasteiger partial charge in [-0.05, 0) is 42.0 Å². The molecule has 0 saturated carbocycles. The summed E-state index contributed by atoms with van der Waals surface area (Å²) in [6.07, 6.45) is 4.72. The van der Waals surface area contributed by atoms with Gasteiger partial charge in [-0.1, -0.05) is 32.9 Å². The molecule has 0 amide bonds. The molecule has 0 N–H and O–H groups in total. The summed E-state index contributed by atoms with van der Waals surface area (Å²) in [5.74, 6) is 0.937. The minimum atomic E-state index is 0.452. The van der Waals surface area contributed by atoms with E-state index >= 15 is 0 Å². The van der Waals surface area contributed by atoms with Crippen molar-refractivity contribution in [3.63, 3.8) is 0 Å². The van der Waals surface area contributed by atoms with Crippen molar-refractivity contribution in [3.8, 4) is 0 Å². The van der Waals surface area contributed by atoms with Gasteiger partial charge >= 0.3 is 0 Å². The highest BCUT2D eigenvalue weighted by Crippen LogP contribution is 2.19. The van der Waals surface area contributed by atoms with Gasteiger partial charge in [0.1, 0.15) is 0 Å². The second-order valence-corrected chi connectivity index (χ2v) is 5.10. The molecule has 1 atom stereocenters. The number of pyridine rings is 2. The topological polar surface area (TPSA) is 25.8 Å². The zero-order valence-electron chi connectivity index (χ0n) is 11.3. The first-order chi connectivity index (χ1) is 8.66. The van der Waals surface area contributed by atoms with Gasteiger partial charge in [0, 0.05) is 23.8 Å². The molecule has 0 aliphatic carbocycles. The normalized spacial score (nSPS) is 12.7. The number of aromatic nitrogens is 2. The van der Waals surface area contributed by atoms with Crippen LogP contribution >= 0.6 is 0 Å². The van der Waals surface area contributed by atoms with Crippen LogP contribution < -0.4 is 0 Å². The molecule has 2 heterocycles. The molecule has 0 fully saturated rings. The molecular formula is C16H20N2. The van der Waals surface area contributed by atoms with E-state index in [1.165, 1.54) is 11.3 Å². The van der Waals surface area contributed by atoms with Crippen LogP contribution in [0.5, 0.6) is 0 Å². The van der Waals surface area contributed by atoms with Crippen molar-refractivity contribution in [2.24, 2.45) is 0 Å². The maximum absolute atomic E-state index is 4.72. The van der Waals surface area contributed by atoms with Crippen LogP contribution in [0.2, 0.25) is 0 Å². The van der Waals surface area contributed by atoms with E-state index in [0.29, 0.717) is 11.8 Å². The van der Waals surface area contributed by atoms with Crippen molar-refractivity contribution in [3.05, 3.63) is 59.7 Å². The molecule has 2 heteroatoms. The SMILES string of the molecule is CC(C)c1cccc(C[C@@H](C)c2cccnc2)n1. The van der Waals surface area contributed by atoms with E-state index in [9.17, 15) is 0 Å². The lowest BCUT2D eigenvalue weighted by atomic mass is 9.97. The van der Waals surface area contributed by atoms with Crippen LogP contribution in [0.4, 0.5) is 0 Å². The minimum absolute atomic E-state index is 0.452. The molecule has 0 bridgehead atoms. The van der Waals surface area contributed by atoms with Gasteiger partial charge in [-0.25, -0.2) is 0 Å². The van der Waals surface area contributed by atoms with E-state index in [-0.39, 0.29) is 0 Å². The molecule has 2 nitrogen and oxygen atoms in total. The minimum Gasteiger partial charge on any atom is -0.264 e. The highest BCUT2D eigenvalue weighted by atomic mass is 14.7. The number of rotatable bonds is 4. The zero-order valence-corrected chi connectivity index (χ0v) is 11.3. The van der Waals surface area contributed by atoms with Gasteiger partial charge in [-0.15, -0.1) is 0 Å². The standard InChI is InChI=1S/C16H20N2/c1-12(2)16-8-4-7-15(18-16)10-13(3)14-6-5-9-17-11-14/h4-9,11-13H,10H2,1-3H3/t13-/m1/s1. The maximum Gasteiger partial charge on any atom is 0.0432 e. The highest BCUT2D eigenvalue weighted by Gasteiger charge is 2.09. The molecule has 0 aromatic carbocycles. The van der Waals surface area contributed by atoms with Crippen LogP contribution in [0.3, 0.4) is 0 Å². The average Bonchev–Trinajstić information content (AvgIpc) is 2.40. The molecule has 0 unspecified atom stereocenters. The predicted molar refractivity (Wildman–Crippen MR) is 74.7 cm³/mol. The molecule has 2 aromatic rings. The first-order valence-corrected chi connectivity index (χ1v) is 6.52. The smallest absolute Gasteiger partial charge is 0.0432 e. The summed E-state index contributed by atoms with van der Waals surface area (Å²) in [7, 11) is 0. The van der Waals surface area contributed by atoms with Crippen molar-refractivity contribution in [2.45, 2.75) is 39.0 Å². The van der Waals surface area contributed by atoms with E-state index in [1.807, 2.05) is 18.5 Å². The Balaban J connectivity index is 2.12. The van der Waals surface area contributed by atoms with Gasteiger partial charge < -0.3 is 0 Å². The molecule has 2 rings (SSSR count). The summed E-state index contributed by atoms with van der Waals surface area (Å²) in [5, 5.41) is 0. The lowest BCUT2D eigenvalue weighted by Crippen LogP contribution is -2.03. The predicted octanol–water partition coefficient (Wildman–Crippen LogP) is 3.95. The van der Waals surface area contributed by atoms with Crippen molar-refractivity contribution >= 4 is 0 Å². The Kier molecular flexibility index (Phi) is 4.08. The maximum atomic E-state index is 4.72. The van der Waals surface area contributed by atoms with Gasteiger partial charge in [0.15, 0.2) is 0 Å². The Bertz CT molecular complexity index is 491. The van der Waals surface area contributed by atoms with Crippen molar-refractivity contribution in [1.82, 2.24) is 9.97 Å². The fraction of sp³-hybridized carbons (Fsp3) is 0.375. The molecule has 0 aliphatic rings. The number of hydrogen-bond donors (Lipinski definition) is 0. The lowest BCUT2D eigenvalue weighted by Gasteiger charge is -2.12. The summed E-state index contributed by atoms with van der Waals surface area (Å²) in [6.45, 7) is 6.58. The Morgan fingerprint density at radius 1 is 1.06 bits per heavy atom. The summed E-state index contributed by atoms with van der Waals surface area (Å²) in [5.41, 5.74) is 3.61. The molecule has 0 aliphatic heterocycles. The highest BCUT2D eigenvalue weighted by molar-refractivity contribution is 5.19. The van der Waals surface area contributed by atoms with Gasteiger partial charge in [0.2, 0.25) is 0 Å². The molecule has 0 radical (unpaired) electrons. The van der Waals surface area contributed by atoms with E-state index in [0.717, 1.165) is 12.1 Å². The fourth-order valence-electron chi connectivity index (χ4n) is 2.03. The second kappa shape index (κ2) is 5.76. The molecule has 2 aromatic heterocycles. The molecule has 0 saturated heterocycles. The lowest BCUT2D eigenvalue weighted by molar-refractivity contribution is 0.721. The Hall–Kier alpha value is -1.70. The van der Waals surface area contributed by atoms with Crippen LogP contribution in [-0.4, -0.2) is 9.97 Å². The Morgan fingerprint density at radius 3 is 2.56 bits per heavy atom. The third kappa shape index (κ3) is 3.16. The third-order valence-electron chi connectivity index (χ3n) is 3.19. The summed E-state index contributed by atoms with van der Waals surface area (Å²) < 4.78 is 0. The largest absolute Gasteiger partial charge is 0.264 e. The first-order valence-electron chi connectivity index (χ1n) is 6.52. The van der Waals surface area contributed by atoms with Gasteiger partial charge in [0.05, 0.1) is 0 Å². The van der Waals surface area contributed by atoms with Gasteiger partial charge in [-0.3, -0.25) is 9.97 Å². The van der Waals surface area contributed by atoms with Crippen LogP contribution in [0.15, 0.2) is 42.7 Å². The van der Waals surface area contributed by atoms with Crippen LogP contribution in [0.1, 0.15) is 49.6 Å². The molecule has 0 spiro atoms. The van der Waals surface area contributed by atoms with Crippen molar-refractivity contribution < 1.29 is 0 Å². The van der Waals surface area contributed by atoms with Crippen molar-refractivity contribution in [1.29, 1.82) is 0 Å². The van der Waals surface area contributed by atoms with Crippen LogP contribution in [-0.2, 0) is 6.42 Å². The average molecular weight is 240 g/mol. The van der Waals surface area contributed by atoms with E-state index < -0.39 is 0 Å². The fourth-order valence-corrected chi connectivity index (χ4v) is 2.03. The summed E-state index contributed by atoms with van der Waals surface area (Å²) in [6, 6.07) is 10.4. The summed E-state index contributed by atoms with van der Waals surface area (Å²) in [4.78, 5) is 8.89. The Labute approximate surface area is 109 Å². The van der Waals surface area contributed by atoms with Gasteiger partial charge in [0.25, 0.3) is 0 Å². The zero-order chi connectivity index (χ0) is 13.0.